The van der Waals surface area contributed by atoms with Gasteiger partial charge in [0, 0.05) is 13.1 Å². The van der Waals surface area contributed by atoms with Crippen LogP contribution >= 0.6 is 0 Å². The summed E-state index contributed by atoms with van der Waals surface area (Å²) < 4.78 is 0. The molecule has 2 rings (SSSR count). The van der Waals surface area contributed by atoms with Crippen LogP contribution in [0.15, 0.2) is 12.4 Å². The van der Waals surface area contributed by atoms with Crippen LogP contribution in [-0.4, -0.2) is 35.0 Å². The molecule has 1 aromatic heterocycles. The molecule has 3 N–H and O–H groups in total. The van der Waals surface area contributed by atoms with E-state index in [1.807, 2.05) is 6.92 Å². The predicted octanol–water partition coefficient (Wildman–Crippen LogP) is 0.597. The van der Waals surface area contributed by atoms with E-state index < -0.39 is 0 Å². The van der Waals surface area contributed by atoms with Crippen LogP contribution in [0.25, 0.3) is 0 Å². The number of rotatable bonds is 5. The average Bonchev–Trinajstić information content (AvgIpc) is 3.13. The summed E-state index contributed by atoms with van der Waals surface area (Å²) in [5.41, 5.74) is 0. The van der Waals surface area contributed by atoms with E-state index in [1.54, 1.807) is 19.4 Å². The smallest absolute Gasteiger partial charge is 0.242 e. The van der Waals surface area contributed by atoms with E-state index in [1.165, 1.54) is 0 Å². The Balaban J connectivity index is 1.91. The molecule has 0 radical (unpaired) electrons. The summed E-state index contributed by atoms with van der Waals surface area (Å²) in [6, 6.07) is 0.0680. The quantitative estimate of drug-likeness (QED) is 0.696. The fraction of sp³-hybridized carbons (Fsp3) is 0.545. The van der Waals surface area contributed by atoms with Crippen molar-refractivity contribution in [3.63, 3.8) is 0 Å². The van der Waals surface area contributed by atoms with E-state index in [2.05, 4.69) is 25.9 Å². The van der Waals surface area contributed by atoms with Crippen molar-refractivity contribution in [1.29, 1.82) is 0 Å². The third-order valence-corrected chi connectivity index (χ3v) is 2.57. The van der Waals surface area contributed by atoms with Gasteiger partial charge in [0.2, 0.25) is 5.91 Å². The van der Waals surface area contributed by atoms with Crippen molar-refractivity contribution in [2.24, 2.45) is 0 Å². The average molecular weight is 235 g/mol. The molecule has 17 heavy (non-hydrogen) atoms. The fourth-order valence-electron chi connectivity index (χ4n) is 1.40. The minimum Gasteiger partial charge on any atom is -0.372 e. The molecule has 1 aromatic rings. The van der Waals surface area contributed by atoms with Crippen molar-refractivity contribution in [1.82, 2.24) is 15.3 Å². The maximum absolute atomic E-state index is 11.7. The molecule has 1 atom stereocenters. The number of carbonyl (C=O) groups excluding carboxylic acids is 1. The first-order chi connectivity index (χ1) is 8.19. The molecule has 92 valence electrons. The van der Waals surface area contributed by atoms with E-state index in [0.717, 1.165) is 12.8 Å². The fourth-order valence-corrected chi connectivity index (χ4v) is 1.40. The number of carbonyl (C=O) groups is 1. The number of nitrogens with zero attached hydrogens (tertiary/aromatic N) is 2. The Bertz CT molecular complexity index is 405. The first-order valence-corrected chi connectivity index (χ1v) is 5.75. The standard InChI is InChI=1S/C11H17N5O/c1-7(11(17)15-8-3-4-8)14-10-6-13-5-9(12-2)16-10/h5-8H,3-4H2,1-2H3,(H,15,17)(H2,12,14,16). The highest BCUT2D eigenvalue weighted by molar-refractivity contribution is 5.84. The van der Waals surface area contributed by atoms with Gasteiger partial charge in [0.25, 0.3) is 0 Å². The second-order valence-corrected chi connectivity index (χ2v) is 4.19. The molecule has 0 aromatic carbocycles. The lowest BCUT2D eigenvalue weighted by Gasteiger charge is -2.14. The Morgan fingerprint density at radius 1 is 1.41 bits per heavy atom. The van der Waals surface area contributed by atoms with Crippen LogP contribution in [-0.2, 0) is 4.79 Å². The van der Waals surface area contributed by atoms with Crippen molar-refractivity contribution in [3.8, 4) is 0 Å². The molecule has 6 heteroatoms. The summed E-state index contributed by atoms with van der Waals surface area (Å²) in [7, 11) is 1.77. The van der Waals surface area contributed by atoms with Crippen LogP contribution in [0.5, 0.6) is 0 Å². The SMILES string of the molecule is CNc1cncc(NC(C)C(=O)NC2CC2)n1. The number of aromatic nitrogens is 2. The van der Waals surface area contributed by atoms with Gasteiger partial charge in [0.1, 0.15) is 17.7 Å². The Labute approximate surface area is 100 Å². The maximum atomic E-state index is 11.7. The van der Waals surface area contributed by atoms with Gasteiger partial charge in [0.05, 0.1) is 12.4 Å². The minimum absolute atomic E-state index is 0.00385. The molecule has 1 unspecified atom stereocenters. The summed E-state index contributed by atoms with van der Waals surface area (Å²) in [5, 5.41) is 8.86. The van der Waals surface area contributed by atoms with Gasteiger partial charge in [-0.25, -0.2) is 4.98 Å². The summed E-state index contributed by atoms with van der Waals surface area (Å²) in [4.78, 5) is 20.0. The summed E-state index contributed by atoms with van der Waals surface area (Å²) in [5.74, 6) is 1.27. The molecule has 1 amide bonds. The largest absolute Gasteiger partial charge is 0.372 e. The summed E-state index contributed by atoms with van der Waals surface area (Å²) >= 11 is 0. The van der Waals surface area contributed by atoms with Crippen molar-refractivity contribution in [2.75, 3.05) is 17.7 Å². The third-order valence-electron chi connectivity index (χ3n) is 2.57. The lowest BCUT2D eigenvalue weighted by atomic mass is 10.3. The zero-order valence-electron chi connectivity index (χ0n) is 10.0. The molecule has 1 aliphatic carbocycles. The van der Waals surface area contributed by atoms with Gasteiger partial charge >= 0.3 is 0 Å². The van der Waals surface area contributed by atoms with Crippen molar-refractivity contribution < 1.29 is 4.79 Å². The minimum atomic E-state index is -0.308. The Hall–Kier alpha value is -1.85. The van der Waals surface area contributed by atoms with Crippen molar-refractivity contribution >= 4 is 17.5 Å². The van der Waals surface area contributed by atoms with Gasteiger partial charge in [-0.3, -0.25) is 9.78 Å². The Kier molecular flexibility index (Phi) is 3.41. The second kappa shape index (κ2) is 4.99. The molecule has 0 aliphatic heterocycles. The Morgan fingerprint density at radius 3 is 2.76 bits per heavy atom. The van der Waals surface area contributed by atoms with E-state index in [0.29, 0.717) is 17.7 Å². The zero-order valence-corrected chi connectivity index (χ0v) is 10.0. The molecule has 0 spiro atoms. The normalized spacial score (nSPS) is 16.1. The molecular formula is C11H17N5O. The van der Waals surface area contributed by atoms with Gasteiger partial charge in [-0.1, -0.05) is 0 Å². The molecule has 0 saturated heterocycles. The lowest BCUT2D eigenvalue weighted by molar-refractivity contribution is -0.121. The topological polar surface area (TPSA) is 78.9 Å². The highest BCUT2D eigenvalue weighted by Crippen LogP contribution is 2.18. The zero-order chi connectivity index (χ0) is 12.3. The Morgan fingerprint density at radius 2 is 2.12 bits per heavy atom. The maximum Gasteiger partial charge on any atom is 0.242 e. The van der Waals surface area contributed by atoms with E-state index >= 15 is 0 Å². The van der Waals surface area contributed by atoms with Gasteiger partial charge in [-0.05, 0) is 19.8 Å². The summed E-state index contributed by atoms with van der Waals surface area (Å²) in [6.45, 7) is 1.81. The molecule has 1 heterocycles. The number of hydrogen-bond acceptors (Lipinski definition) is 5. The monoisotopic (exact) mass is 235 g/mol. The summed E-state index contributed by atoms with van der Waals surface area (Å²) in [6.07, 6.45) is 5.41. The molecule has 1 saturated carbocycles. The van der Waals surface area contributed by atoms with Gasteiger partial charge in [-0.15, -0.1) is 0 Å². The second-order valence-electron chi connectivity index (χ2n) is 4.19. The van der Waals surface area contributed by atoms with E-state index in [4.69, 9.17) is 0 Å². The van der Waals surface area contributed by atoms with Crippen molar-refractivity contribution in [2.45, 2.75) is 31.8 Å². The molecule has 0 bridgehead atoms. The molecule has 1 aliphatic rings. The van der Waals surface area contributed by atoms with Gasteiger partial charge in [-0.2, -0.15) is 0 Å². The predicted molar refractivity (Wildman–Crippen MR) is 65.8 cm³/mol. The van der Waals surface area contributed by atoms with Crippen LogP contribution in [0.2, 0.25) is 0 Å². The van der Waals surface area contributed by atoms with Crippen LogP contribution in [0.3, 0.4) is 0 Å². The van der Waals surface area contributed by atoms with Crippen molar-refractivity contribution in [3.05, 3.63) is 12.4 Å². The molecule has 1 fully saturated rings. The van der Waals surface area contributed by atoms with Crippen LogP contribution in [0, 0.1) is 0 Å². The lowest BCUT2D eigenvalue weighted by Crippen LogP contribution is -2.38. The first-order valence-electron chi connectivity index (χ1n) is 5.75. The van der Waals surface area contributed by atoms with Crippen LogP contribution < -0.4 is 16.0 Å². The number of nitrogens with one attached hydrogen (secondary N) is 3. The highest BCUT2D eigenvalue weighted by Gasteiger charge is 2.25. The molecule has 6 nitrogen and oxygen atoms in total. The van der Waals surface area contributed by atoms with Crippen LogP contribution in [0.4, 0.5) is 11.6 Å². The number of hydrogen-bond donors (Lipinski definition) is 3. The van der Waals surface area contributed by atoms with Gasteiger partial charge < -0.3 is 16.0 Å². The first kappa shape index (κ1) is 11.6. The van der Waals surface area contributed by atoms with E-state index in [-0.39, 0.29) is 11.9 Å². The molecular weight excluding hydrogens is 218 g/mol. The van der Waals surface area contributed by atoms with Crippen LogP contribution in [0.1, 0.15) is 19.8 Å². The van der Waals surface area contributed by atoms with Gasteiger partial charge in [0.15, 0.2) is 0 Å². The van der Waals surface area contributed by atoms with E-state index in [9.17, 15) is 4.79 Å². The number of anilines is 2. The number of amides is 1. The third kappa shape index (κ3) is 3.30. The highest BCUT2D eigenvalue weighted by atomic mass is 16.2.